The molecule has 0 amide bonds. The van der Waals surface area contributed by atoms with Crippen molar-refractivity contribution < 1.29 is 4.74 Å². The van der Waals surface area contributed by atoms with Crippen molar-refractivity contribution >= 4 is 17.5 Å². The molecule has 0 aromatic carbocycles. The molecular weight excluding hydrogens is 236 g/mol. The highest BCUT2D eigenvalue weighted by Crippen LogP contribution is 2.27. The van der Waals surface area contributed by atoms with Gasteiger partial charge in [-0.2, -0.15) is 8.75 Å². The summed E-state index contributed by atoms with van der Waals surface area (Å²) >= 11 is 1.18. The number of anilines is 1. The molecule has 17 heavy (non-hydrogen) atoms. The van der Waals surface area contributed by atoms with Crippen LogP contribution in [0.4, 0.5) is 5.82 Å². The predicted molar refractivity (Wildman–Crippen MR) is 68.5 cm³/mol. The molecule has 0 aliphatic carbocycles. The van der Waals surface area contributed by atoms with Gasteiger partial charge in [0.2, 0.25) is 0 Å². The number of rotatable bonds is 5. The molecule has 2 aromatic rings. The van der Waals surface area contributed by atoms with E-state index in [0.29, 0.717) is 6.61 Å². The fourth-order valence-corrected chi connectivity index (χ4v) is 1.96. The third kappa shape index (κ3) is 2.71. The summed E-state index contributed by atoms with van der Waals surface area (Å²) in [6, 6.07) is 1.93. The molecule has 0 aliphatic rings. The van der Waals surface area contributed by atoms with Crippen LogP contribution in [0.25, 0.3) is 11.3 Å². The summed E-state index contributed by atoms with van der Waals surface area (Å²) in [7, 11) is 1.82. The van der Waals surface area contributed by atoms with E-state index in [0.717, 1.165) is 29.2 Å². The average molecular weight is 250 g/mol. The molecular formula is C11H14N4OS. The Morgan fingerprint density at radius 1 is 1.35 bits per heavy atom. The molecule has 0 atom stereocenters. The summed E-state index contributed by atoms with van der Waals surface area (Å²) in [6.45, 7) is 2.76. The van der Waals surface area contributed by atoms with E-state index in [-0.39, 0.29) is 0 Å². The third-order valence-corrected chi connectivity index (χ3v) is 2.71. The smallest absolute Gasteiger partial charge is 0.167 e. The van der Waals surface area contributed by atoms with Crippen LogP contribution in [0.1, 0.15) is 13.3 Å². The van der Waals surface area contributed by atoms with Gasteiger partial charge in [0.05, 0.1) is 24.5 Å². The lowest BCUT2D eigenvalue weighted by Crippen LogP contribution is -1.96. The van der Waals surface area contributed by atoms with E-state index in [4.69, 9.17) is 4.74 Å². The van der Waals surface area contributed by atoms with Gasteiger partial charge >= 0.3 is 0 Å². The van der Waals surface area contributed by atoms with E-state index in [9.17, 15) is 0 Å². The predicted octanol–water partition coefficient (Wildman–Crippen LogP) is 2.43. The normalized spacial score (nSPS) is 10.2. The maximum absolute atomic E-state index is 5.54. The van der Waals surface area contributed by atoms with Gasteiger partial charge in [-0.25, -0.2) is 0 Å². The molecule has 0 saturated carbocycles. The van der Waals surface area contributed by atoms with E-state index in [1.54, 1.807) is 12.4 Å². The molecule has 0 fully saturated rings. The Balaban J connectivity index is 2.26. The average Bonchev–Trinajstić information content (AvgIpc) is 2.85. The van der Waals surface area contributed by atoms with Crippen LogP contribution in [0.2, 0.25) is 0 Å². The zero-order valence-corrected chi connectivity index (χ0v) is 10.6. The minimum Gasteiger partial charge on any atom is -0.492 e. The Morgan fingerprint density at radius 3 is 3.00 bits per heavy atom. The number of ether oxygens (including phenoxy) is 1. The van der Waals surface area contributed by atoms with E-state index in [1.165, 1.54) is 11.7 Å². The van der Waals surface area contributed by atoms with Crippen LogP contribution in [0.3, 0.4) is 0 Å². The van der Waals surface area contributed by atoms with Gasteiger partial charge in [-0.05, 0) is 12.5 Å². The van der Waals surface area contributed by atoms with Crippen LogP contribution in [-0.2, 0) is 0 Å². The third-order valence-electron chi connectivity index (χ3n) is 2.18. The first-order valence-corrected chi connectivity index (χ1v) is 6.16. The number of hydrogen-bond acceptors (Lipinski definition) is 6. The van der Waals surface area contributed by atoms with E-state index in [2.05, 4.69) is 26.0 Å². The highest BCUT2D eigenvalue weighted by molar-refractivity contribution is 6.99. The maximum atomic E-state index is 5.54. The molecule has 0 unspecified atom stereocenters. The van der Waals surface area contributed by atoms with Crippen LogP contribution in [-0.4, -0.2) is 27.4 Å². The van der Waals surface area contributed by atoms with Crippen LogP contribution >= 0.6 is 11.7 Å². The van der Waals surface area contributed by atoms with Crippen molar-refractivity contribution in [1.29, 1.82) is 0 Å². The van der Waals surface area contributed by atoms with Gasteiger partial charge in [0.1, 0.15) is 11.4 Å². The fraction of sp³-hybridized carbons (Fsp3) is 0.364. The van der Waals surface area contributed by atoms with Crippen molar-refractivity contribution in [2.24, 2.45) is 0 Å². The molecule has 1 N–H and O–H groups in total. The molecule has 2 heterocycles. The largest absolute Gasteiger partial charge is 0.492 e. The Bertz CT molecular complexity index is 486. The van der Waals surface area contributed by atoms with Gasteiger partial charge < -0.3 is 10.1 Å². The first-order valence-electron chi connectivity index (χ1n) is 5.43. The van der Waals surface area contributed by atoms with Gasteiger partial charge in [-0.1, -0.05) is 6.92 Å². The summed E-state index contributed by atoms with van der Waals surface area (Å²) in [6.07, 6.45) is 4.44. The first kappa shape index (κ1) is 11.8. The van der Waals surface area contributed by atoms with Crippen LogP contribution in [0.15, 0.2) is 18.5 Å². The van der Waals surface area contributed by atoms with Crippen molar-refractivity contribution in [2.45, 2.75) is 13.3 Å². The topological polar surface area (TPSA) is 59.9 Å². The van der Waals surface area contributed by atoms with Crippen molar-refractivity contribution in [2.75, 3.05) is 19.0 Å². The monoisotopic (exact) mass is 250 g/mol. The second kappa shape index (κ2) is 5.58. The number of pyridine rings is 1. The highest BCUT2D eigenvalue weighted by Gasteiger charge is 2.10. The number of aromatic nitrogens is 3. The fourth-order valence-electron chi connectivity index (χ4n) is 1.39. The van der Waals surface area contributed by atoms with Gasteiger partial charge in [-0.3, -0.25) is 4.98 Å². The standard InChI is InChI=1S/C11H14N4OS/c1-3-4-16-9-5-8(6-13-7-9)10-11(12-2)15-17-14-10/h5-7H,3-4H2,1-2H3,(H,12,15). The molecule has 5 nitrogen and oxygen atoms in total. The lowest BCUT2D eigenvalue weighted by atomic mass is 10.2. The zero-order chi connectivity index (χ0) is 12.1. The lowest BCUT2D eigenvalue weighted by molar-refractivity contribution is 0.316. The van der Waals surface area contributed by atoms with Gasteiger partial charge in [0.25, 0.3) is 0 Å². The molecule has 0 spiro atoms. The minimum absolute atomic E-state index is 0.694. The van der Waals surface area contributed by atoms with Crippen molar-refractivity contribution in [1.82, 2.24) is 13.7 Å². The Hall–Kier alpha value is -1.69. The Labute approximate surface area is 104 Å². The van der Waals surface area contributed by atoms with Crippen LogP contribution < -0.4 is 10.1 Å². The summed E-state index contributed by atoms with van der Waals surface area (Å²) < 4.78 is 13.9. The summed E-state index contributed by atoms with van der Waals surface area (Å²) in [5.74, 6) is 1.53. The van der Waals surface area contributed by atoms with Crippen molar-refractivity contribution in [3.8, 4) is 17.0 Å². The first-order chi connectivity index (χ1) is 8.35. The molecule has 0 radical (unpaired) electrons. The second-order valence-electron chi connectivity index (χ2n) is 3.47. The van der Waals surface area contributed by atoms with Gasteiger partial charge in [0.15, 0.2) is 5.82 Å². The minimum atomic E-state index is 0.694. The molecule has 90 valence electrons. The Kier molecular flexibility index (Phi) is 3.87. The lowest BCUT2D eigenvalue weighted by Gasteiger charge is -2.05. The molecule has 0 bridgehead atoms. The van der Waals surface area contributed by atoms with Crippen LogP contribution in [0, 0.1) is 0 Å². The van der Waals surface area contributed by atoms with E-state index < -0.39 is 0 Å². The summed E-state index contributed by atoms with van der Waals surface area (Å²) in [4.78, 5) is 4.15. The van der Waals surface area contributed by atoms with Crippen molar-refractivity contribution in [3.63, 3.8) is 0 Å². The van der Waals surface area contributed by atoms with Gasteiger partial charge in [0, 0.05) is 18.8 Å². The number of nitrogens with zero attached hydrogens (tertiary/aromatic N) is 3. The summed E-state index contributed by atoms with van der Waals surface area (Å²) in [5.41, 5.74) is 1.73. The SMILES string of the molecule is CCCOc1cncc(-c2nsnc2NC)c1. The zero-order valence-electron chi connectivity index (χ0n) is 9.80. The Morgan fingerprint density at radius 2 is 2.24 bits per heavy atom. The molecule has 0 aliphatic heterocycles. The van der Waals surface area contributed by atoms with E-state index >= 15 is 0 Å². The number of hydrogen-bond donors (Lipinski definition) is 1. The molecule has 2 rings (SSSR count). The molecule has 0 saturated heterocycles. The second-order valence-corrected chi connectivity index (χ2v) is 4.00. The quantitative estimate of drug-likeness (QED) is 0.883. The molecule has 6 heteroatoms. The van der Waals surface area contributed by atoms with Gasteiger partial charge in [-0.15, -0.1) is 0 Å². The van der Waals surface area contributed by atoms with Crippen LogP contribution in [0.5, 0.6) is 5.75 Å². The highest BCUT2D eigenvalue weighted by atomic mass is 32.1. The maximum Gasteiger partial charge on any atom is 0.167 e. The van der Waals surface area contributed by atoms with Crippen molar-refractivity contribution in [3.05, 3.63) is 18.5 Å². The molecule has 2 aromatic heterocycles. The van der Waals surface area contributed by atoms with E-state index in [1.807, 2.05) is 13.1 Å². The number of nitrogens with one attached hydrogen (secondary N) is 1. The summed E-state index contributed by atoms with van der Waals surface area (Å²) in [5, 5.41) is 3.00.